The van der Waals surface area contributed by atoms with Crippen LogP contribution in [0.2, 0.25) is 0 Å². The molecule has 0 bridgehead atoms. The van der Waals surface area contributed by atoms with Crippen LogP contribution in [0.15, 0.2) is 17.4 Å². The predicted octanol–water partition coefficient (Wildman–Crippen LogP) is 1.95. The van der Waals surface area contributed by atoms with Crippen LogP contribution in [0.3, 0.4) is 0 Å². The fourth-order valence-electron chi connectivity index (χ4n) is 2.64. The number of rotatable bonds is 4. The molecular formula is C15H25N5. The van der Waals surface area contributed by atoms with Gasteiger partial charge in [-0.3, -0.25) is 15.0 Å². The second kappa shape index (κ2) is 7.82. The van der Waals surface area contributed by atoms with Crippen molar-refractivity contribution in [3.8, 4) is 0 Å². The van der Waals surface area contributed by atoms with E-state index in [2.05, 4.69) is 20.3 Å². The predicted molar refractivity (Wildman–Crippen MR) is 81.6 cm³/mol. The van der Waals surface area contributed by atoms with E-state index < -0.39 is 0 Å². The molecule has 0 radical (unpaired) electrons. The molecule has 1 aliphatic rings. The van der Waals surface area contributed by atoms with E-state index in [9.17, 15) is 0 Å². The van der Waals surface area contributed by atoms with Crippen molar-refractivity contribution < 1.29 is 0 Å². The van der Waals surface area contributed by atoms with Crippen LogP contribution in [0, 0.1) is 6.92 Å². The Bertz CT molecular complexity index is 436. The summed E-state index contributed by atoms with van der Waals surface area (Å²) in [5.74, 6) is 0.568. The van der Waals surface area contributed by atoms with E-state index in [-0.39, 0.29) is 0 Å². The fourth-order valence-corrected chi connectivity index (χ4v) is 2.64. The zero-order valence-electron chi connectivity index (χ0n) is 12.3. The van der Waals surface area contributed by atoms with Crippen LogP contribution in [0.4, 0.5) is 0 Å². The van der Waals surface area contributed by atoms with Crippen molar-refractivity contribution in [1.82, 2.24) is 15.3 Å². The molecule has 0 aromatic carbocycles. The van der Waals surface area contributed by atoms with Gasteiger partial charge in [0.2, 0.25) is 0 Å². The normalized spacial score (nSPS) is 17.8. The Labute approximate surface area is 121 Å². The minimum atomic E-state index is 0.500. The van der Waals surface area contributed by atoms with Crippen molar-refractivity contribution >= 4 is 5.96 Å². The van der Waals surface area contributed by atoms with Gasteiger partial charge >= 0.3 is 0 Å². The first-order valence-electron chi connectivity index (χ1n) is 7.58. The van der Waals surface area contributed by atoms with Crippen molar-refractivity contribution in [3.63, 3.8) is 0 Å². The van der Waals surface area contributed by atoms with Crippen LogP contribution in [-0.2, 0) is 6.42 Å². The summed E-state index contributed by atoms with van der Waals surface area (Å²) >= 11 is 0. The van der Waals surface area contributed by atoms with E-state index in [4.69, 9.17) is 5.73 Å². The van der Waals surface area contributed by atoms with Crippen molar-refractivity contribution in [2.75, 3.05) is 6.54 Å². The molecule has 1 heterocycles. The lowest BCUT2D eigenvalue weighted by Gasteiger charge is -2.16. The first kappa shape index (κ1) is 14.8. The van der Waals surface area contributed by atoms with E-state index in [0.29, 0.717) is 18.5 Å². The molecule has 2 rings (SSSR count). The minimum absolute atomic E-state index is 0.500. The first-order valence-corrected chi connectivity index (χ1v) is 7.58. The van der Waals surface area contributed by atoms with Gasteiger partial charge in [-0.25, -0.2) is 0 Å². The summed E-state index contributed by atoms with van der Waals surface area (Å²) in [5, 5.41) is 3.35. The Morgan fingerprint density at radius 3 is 2.65 bits per heavy atom. The summed E-state index contributed by atoms with van der Waals surface area (Å²) in [7, 11) is 0. The number of nitrogens with two attached hydrogens (primary N) is 1. The number of hydrogen-bond donors (Lipinski definition) is 2. The van der Waals surface area contributed by atoms with Crippen molar-refractivity contribution in [3.05, 3.63) is 23.8 Å². The standard InChI is InChI=1S/C15H25N5/c1-12-14(18-11-10-17-12)8-9-19-15(16)20-13-6-4-2-3-5-7-13/h10-11,13H,2-9H2,1H3,(H3,16,19,20). The topological polar surface area (TPSA) is 76.2 Å². The molecule has 0 spiro atoms. The number of nitrogens with one attached hydrogen (secondary N) is 1. The molecule has 0 saturated heterocycles. The molecule has 20 heavy (non-hydrogen) atoms. The average Bonchev–Trinajstić information content (AvgIpc) is 2.69. The van der Waals surface area contributed by atoms with Crippen LogP contribution >= 0.6 is 0 Å². The highest BCUT2D eigenvalue weighted by atomic mass is 15.1. The molecule has 0 atom stereocenters. The molecule has 1 aliphatic carbocycles. The van der Waals surface area contributed by atoms with E-state index in [1.165, 1.54) is 38.5 Å². The minimum Gasteiger partial charge on any atom is -0.370 e. The van der Waals surface area contributed by atoms with Crippen molar-refractivity contribution in [2.24, 2.45) is 10.7 Å². The smallest absolute Gasteiger partial charge is 0.188 e. The summed E-state index contributed by atoms with van der Waals surface area (Å²) in [6.07, 6.45) is 11.9. The third kappa shape index (κ3) is 4.79. The van der Waals surface area contributed by atoms with Crippen LogP contribution in [0.5, 0.6) is 0 Å². The highest BCUT2D eigenvalue weighted by Gasteiger charge is 2.12. The summed E-state index contributed by atoms with van der Waals surface area (Å²) < 4.78 is 0. The molecule has 0 unspecified atom stereocenters. The molecule has 3 N–H and O–H groups in total. The lowest BCUT2D eigenvalue weighted by atomic mass is 10.1. The molecule has 0 aliphatic heterocycles. The summed E-state index contributed by atoms with van der Waals surface area (Å²) in [6, 6.07) is 0.500. The number of aliphatic imine (C=N–C) groups is 1. The molecule has 1 fully saturated rings. The second-order valence-electron chi connectivity index (χ2n) is 5.44. The van der Waals surface area contributed by atoms with Gasteiger partial charge in [0.1, 0.15) is 0 Å². The van der Waals surface area contributed by atoms with Gasteiger partial charge in [0.25, 0.3) is 0 Å². The Morgan fingerprint density at radius 1 is 1.25 bits per heavy atom. The van der Waals surface area contributed by atoms with Gasteiger partial charge in [-0.15, -0.1) is 0 Å². The number of hydrogen-bond acceptors (Lipinski definition) is 3. The lowest BCUT2D eigenvalue weighted by molar-refractivity contribution is 0.530. The molecule has 1 aromatic heterocycles. The SMILES string of the molecule is Cc1nccnc1CCN=C(N)NC1CCCCCC1. The number of aromatic nitrogens is 2. The average molecular weight is 275 g/mol. The van der Waals surface area contributed by atoms with E-state index in [0.717, 1.165) is 17.8 Å². The zero-order valence-corrected chi connectivity index (χ0v) is 12.3. The Kier molecular flexibility index (Phi) is 5.77. The summed E-state index contributed by atoms with van der Waals surface area (Å²) in [5.41, 5.74) is 7.93. The van der Waals surface area contributed by atoms with Gasteiger partial charge in [0, 0.05) is 31.4 Å². The second-order valence-corrected chi connectivity index (χ2v) is 5.44. The van der Waals surface area contributed by atoms with E-state index in [1.807, 2.05) is 6.92 Å². The highest BCUT2D eigenvalue weighted by Crippen LogP contribution is 2.16. The third-order valence-electron chi connectivity index (χ3n) is 3.82. The van der Waals surface area contributed by atoms with Gasteiger partial charge < -0.3 is 11.1 Å². The quantitative estimate of drug-likeness (QED) is 0.500. The third-order valence-corrected chi connectivity index (χ3v) is 3.82. The van der Waals surface area contributed by atoms with Crippen LogP contribution in [0.25, 0.3) is 0 Å². The highest BCUT2D eigenvalue weighted by molar-refractivity contribution is 5.78. The Balaban J connectivity index is 1.77. The van der Waals surface area contributed by atoms with Gasteiger partial charge in [-0.1, -0.05) is 25.7 Å². The first-order chi connectivity index (χ1) is 9.75. The van der Waals surface area contributed by atoms with Crippen LogP contribution in [0.1, 0.15) is 49.9 Å². The van der Waals surface area contributed by atoms with Gasteiger partial charge in [-0.2, -0.15) is 0 Å². The molecule has 1 aromatic rings. The molecule has 1 saturated carbocycles. The molecular weight excluding hydrogens is 250 g/mol. The molecule has 5 heteroatoms. The van der Waals surface area contributed by atoms with Crippen molar-refractivity contribution in [1.29, 1.82) is 0 Å². The van der Waals surface area contributed by atoms with Crippen LogP contribution in [-0.4, -0.2) is 28.5 Å². The lowest BCUT2D eigenvalue weighted by Crippen LogP contribution is -2.40. The summed E-state index contributed by atoms with van der Waals surface area (Å²) in [4.78, 5) is 12.9. The monoisotopic (exact) mass is 275 g/mol. The fraction of sp³-hybridized carbons (Fsp3) is 0.667. The van der Waals surface area contributed by atoms with Gasteiger partial charge in [0.05, 0.1) is 11.4 Å². The number of aryl methyl sites for hydroxylation is 1. The maximum atomic E-state index is 5.96. The van der Waals surface area contributed by atoms with Crippen LogP contribution < -0.4 is 11.1 Å². The zero-order chi connectivity index (χ0) is 14.2. The number of nitrogens with zero attached hydrogens (tertiary/aromatic N) is 3. The molecule has 0 amide bonds. The maximum absolute atomic E-state index is 5.96. The molecule has 5 nitrogen and oxygen atoms in total. The Morgan fingerprint density at radius 2 is 1.95 bits per heavy atom. The molecule has 110 valence electrons. The van der Waals surface area contributed by atoms with Gasteiger partial charge in [-0.05, 0) is 19.8 Å². The van der Waals surface area contributed by atoms with Crippen molar-refractivity contribution in [2.45, 2.75) is 57.9 Å². The summed E-state index contributed by atoms with van der Waals surface area (Å²) in [6.45, 7) is 2.63. The van der Waals surface area contributed by atoms with E-state index >= 15 is 0 Å². The van der Waals surface area contributed by atoms with E-state index in [1.54, 1.807) is 12.4 Å². The number of guanidine groups is 1. The maximum Gasteiger partial charge on any atom is 0.188 e. The Hall–Kier alpha value is -1.65. The largest absolute Gasteiger partial charge is 0.370 e. The van der Waals surface area contributed by atoms with Gasteiger partial charge in [0.15, 0.2) is 5.96 Å².